The number of halogens is 4. The number of carbonyl (C=O) groups is 1. The van der Waals surface area contributed by atoms with Crippen LogP contribution in [0.5, 0.6) is 0 Å². The Balaban J connectivity index is 2.15. The highest BCUT2D eigenvalue weighted by Crippen LogP contribution is 2.30. The lowest BCUT2D eigenvalue weighted by Gasteiger charge is -2.29. The van der Waals surface area contributed by atoms with Crippen molar-refractivity contribution in [1.82, 2.24) is 5.32 Å². The van der Waals surface area contributed by atoms with Gasteiger partial charge in [-0.15, -0.1) is 0 Å². The van der Waals surface area contributed by atoms with Crippen molar-refractivity contribution in [3.63, 3.8) is 0 Å². The molecule has 25 heavy (non-hydrogen) atoms. The molecule has 0 spiro atoms. The monoisotopic (exact) mass is 371 g/mol. The van der Waals surface area contributed by atoms with E-state index in [1.54, 1.807) is 31.2 Å². The van der Waals surface area contributed by atoms with Gasteiger partial charge in [0, 0.05) is 17.7 Å². The van der Waals surface area contributed by atoms with Crippen molar-refractivity contribution >= 4 is 17.5 Å². The van der Waals surface area contributed by atoms with Crippen LogP contribution in [0.15, 0.2) is 48.5 Å². The number of benzene rings is 2. The molecule has 7 heteroatoms. The van der Waals surface area contributed by atoms with Crippen molar-refractivity contribution in [2.24, 2.45) is 0 Å². The Kier molecular flexibility index (Phi) is 5.75. The van der Waals surface area contributed by atoms with E-state index in [9.17, 15) is 18.0 Å². The van der Waals surface area contributed by atoms with E-state index in [1.807, 2.05) is 0 Å². The number of hydrogen-bond donors (Lipinski definition) is 1. The third-order valence-electron chi connectivity index (χ3n) is 3.92. The normalized spacial score (nSPS) is 14.0. The second-order valence-corrected chi connectivity index (χ2v) is 6.14. The van der Waals surface area contributed by atoms with Crippen LogP contribution in [0.1, 0.15) is 28.4 Å². The number of methoxy groups -OCH3 is 1. The van der Waals surface area contributed by atoms with Crippen molar-refractivity contribution in [3.05, 3.63) is 70.2 Å². The average Bonchev–Trinajstić information content (AvgIpc) is 2.58. The molecular formula is C18H17ClF3NO2. The molecule has 0 aliphatic heterocycles. The van der Waals surface area contributed by atoms with Gasteiger partial charge in [-0.2, -0.15) is 13.2 Å². The van der Waals surface area contributed by atoms with Crippen molar-refractivity contribution in [1.29, 1.82) is 0 Å². The lowest BCUT2D eigenvalue weighted by atomic mass is 9.95. The van der Waals surface area contributed by atoms with Gasteiger partial charge in [0.2, 0.25) is 0 Å². The summed E-state index contributed by atoms with van der Waals surface area (Å²) in [4.78, 5) is 12.2. The fraction of sp³-hybridized carbons (Fsp3) is 0.278. The van der Waals surface area contributed by atoms with E-state index in [-0.39, 0.29) is 12.1 Å². The van der Waals surface area contributed by atoms with Crippen LogP contribution in [0.4, 0.5) is 13.2 Å². The van der Waals surface area contributed by atoms with Gasteiger partial charge in [-0.05, 0) is 42.8 Å². The number of amides is 1. The summed E-state index contributed by atoms with van der Waals surface area (Å²) < 4.78 is 43.8. The highest BCUT2D eigenvalue weighted by molar-refractivity contribution is 6.30. The molecule has 1 amide bonds. The van der Waals surface area contributed by atoms with Gasteiger partial charge in [0.25, 0.3) is 5.91 Å². The van der Waals surface area contributed by atoms with E-state index in [2.05, 4.69) is 5.32 Å². The van der Waals surface area contributed by atoms with Gasteiger partial charge in [-0.3, -0.25) is 4.79 Å². The molecule has 0 aromatic heterocycles. The molecule has 2 aromatic carbocycles. The Bertz CT molecular complexity index is 764. The molecule has 0 heterocycles. The molecule has 0 saturated heterocycles. The molecule has 2 rings (SSSR count). The predicted octanol–water partition coefficient (Wildman–Crippen LogP) is 4.65. The molecular weight excluding hydrogens is 355 g/mol. The first-order valence-corrected chi connectivity index (χ1v) is 7.80. The molecule has 0 aliphatic carbocycles. The Morgan fingerprint density at radius 2 is 1.76 bits per heavy atom. The minimum atomic E-state index is -4.50. The fourth-order valence-electron chi connectivity index (χ4n) is 2.30. The Morgan fingerprint density at radius 3 is 2.36 bits per heavy atom. The Hall–Kier alpha value is -2.05. The van der Waals surface area contributed by atoms with Gasteiger partial charge >= 0.3 is 6.18 Å². The highest BCUT2D eigenvalue weighted by Gasteiger charge is 2.31. The molecule has 3 nitrogen and oxygen atoms in total. The quantitative estimate of drug-likeness (QED) is 0.830. The SMILES string of the molecule is COC(C)(CNC(=O)c1cccc(C(F)(F)F)c1)c1cccc(Cl)c1. The molecule has 0 radical (unpaired) electrons. The molecule has 1 N–H and O–H groups in total. The summed E-state index contributed by atoms with van der Waals surface area (Å²) in [5, 5.41) is 3.13. The summed E-state index contributed by atoms with van der Waals surface area (Å²) >= 11 is 5.98. The largest absolute Gasteiger partial charge is 0.416 e. The lowest BCUT2D eigenvalue weighted by molar-refractivity contribution is -0.137. The zero-order chi connectivity index (χ0) is 18.7. The standard InChI is InChI=1S/C18H17ClF3NO2/c1-17(25-2,13-6-4-8-15(19)10-13)11-23-16(24)12-5-3-7-14(9-12)18(20,21)22/h3-10H,11H2,1-2H3,(H,23,24). The van der Waals surface area contributed by atoms with E-state index in [4.69, 9.17) is 16.3 Å². The van der Waals surface area contributed by atoms with Crippen LogP contribution in [0.2, 0.25) is 5.02 Å². The van der Waals surface area contributed by atoms with Crippen LogP contribution >= 0.6 is 11.6 Å². The molecule has 1 atom stereocenters. The summed E-state index contributed by atoms with van der Waals surface area (Å²) in [5.74, 6) is -0.614. The van der Waals surface area contributed by atoms with E-state index in [0.29, 0.717) is 5.02 Å². The predicted molar refractivity (Wildman–Crippen MR) is 89.6 cm³/mol. The van der Waals surface area contributed by atoms with E-state index in [1.165, 1.54) is 19.2 Å². The second kappa shape index (κ2) is 7.45. The minimum absolute atomic E-state index is 0.0684. The summed E-state index contributed by atoms with van der Waals surface area (Å²) in [6.45, 7) is 1.82. The summed E-state index contributed by atoms with van der Waals surface area (Å²) in [6.07, 6.45) is -4.50. The Labute approximate surface area is 148 Å². The maximum absolute atomic E-state index is 12.8. The summed E-state index contributed by atoms with van der Waals surface area (Å²) in [7, 11) is 1.48. The third kappa shape index (κ3) is 4.74. The van der Waals surface area contributed by atoms with Crippen molar-refractivity contribution < 1.29 is 22.7 Å². The van der Waals surface area contributed by atoms with Crippen LogP contribution < -0.4 is 5.32 Å². The van der Waals surface area contributed by atoms with Crippen LogP contribution in [0.3, 0.4) is 0 Å². The number of rotatable bonds is 5. The number of nitrogens with one attached hydrogen (secondary N) is 1. The molecule has 0 saturated carbocycles. The van der Waals surface area contributed by atoms with Crippen molar-refractivity contribution in [3.8, 4) is 0 Å². The second-order valence-electron chi connectivity index (χ2n) is 5.71. The third-order valence-corrected chi connectivity index (χ3v) is 4.16. The van der Waals surface area contributed by atoms with Gasteiger partial charge in [0.15, 0.2) is 0 Å². The zero-order valence-corrected chi connectivity index (χ0v) is 14.4. The lowest BCUT2D eigenvalue weighted by Crippen LogP contribution is -2.40. The molecule has 0 bridgehead atoms. The first-order valence-electron chi connectivity index (χ1n) is 7.42. The number of ether oxygens (including phenoxy) is 1. The van der Waals surface area contributed by atoms with E-state index < -0.39 is 23.2 Å². The first-order chi connectivity index (χ1) is 11.7. The maximum Gasteiger partial charge on any atom is 0.416 e. The van der Waals surface area contributed by atoms with Crippen LogP contribution in [0, 0.1) is 0 Å². The molecule has 134 valence electrons. The van der Waals surface area contributed by atoms with E-state index >= 15 is 0 Å². The van der Waals surface area contributed by atoms with E-state index in [0.717, 1.165) is 17.7 Å². The van der Waals surface area contributed by atoms with Crippen LogP contribution in [0.25, 0.3) is 0 Å². The average molecular weight is 372 g/mol. The minimum Gasteiger partial charge on any atom is -0.372 e. The van der Waals surface area contributed by atoms with Gasteiger partial charge in [-0.25, -0.2) is 0 Å². The molecule has 0 aliphatic rings. The Morgan fingerprint density at radius 1 is 1.12 bits per heavy atom. The number of hydrogen-bond acceptors (Lipinski definition) is 2. The highest BCUT2D eigenvalue weighted by atomic mass is 35.5. The number of carbonyl (C=O) groups excluding carboxylic acids is 1. The van der Waals surface area contributed by atoms with Crippen molar-refractivity contribution in [2.45, 2.75) is 18.7 Å². The molecule has 1 unspecified atom stereocenters. The topological polar surface area (TPSA) is 38.3 Å². The fourth-order valence-corrected chi connectivity index (χ4v) is 2.49. The summed E-state index contributed by atoms with van der Waals surface area (Å²) in [5.41, 5.74) is -1.07. The van der Waals surface area contributed by atoms with Crippen molar-refractivity contribution in [2.75, 3.05) is 13.7 Å². The molecule has 0 fully saturated rings. The maximum atomic E-state index is 12.8. The van der Waals surface area contributed by atoms with Gasteiger partial charge in [-0.1, -0.05) is 29.8 Å². The van der Waals surface area contributed by atoms with Gasteiger partial charge in [0.05, 0.1) is 12.1 Å². The molecule has 2 aromatic rings. The first kappa shape index (κ1) is 19.3. The summed E-state index contributed by atoms with van der Waals surface area (Å²) in [6, 6.07) is 11.2. The van der Waals surface area contributed by atoms with Gasteiger partial charge in [0.1, 0.15) is 5.60 Å². The van der Waals surface area contributed by atoms with Gasteiger partial charge < -0.3 is 10.1 Å². The van der Waals surface area contributed by atoms with Crippen LogP contribution in [-0.2, 0) is 16.5 Å². The zero-order valence-electron chi connectivity index (χ0n) is 13.7. The number of alkyl halides is 3. The smallest absolute Gasteiger partial charge is 0.372 e. The van der Waals surface area contributed by atoms with Crippen LogP contribution in [-0.4, -0.2) is 19.6 Å².